The molecule has 3 N–H and O–H groups in total. The molecule has 0 spiro atoms. The fourth-order valence-corrected chi connectivity index (χ4v) is 8.08. The molecule has 0 aliphatic carbocycles. The van der Waals surface area contributed by atoms with E-state index in [-0.39, 0.29) is 18.5 Å². The van der Waals surface area contributed by atoms with E-state index in [4.69, 9.17) is 4.74 Å². The normalized spacial score (nSPS) is 12.8. The molecule has 0 aliphatic heterocycles. The van der Waals surface area contributed by atoms with E-state index in [0.717, 1.165) is 57.8 Å². The lowest BCUT2D eigenvalue weighted by atomic mass is 10.0. The molecule has 354 valence electrons. The number of carbonyl (C=O) groups excluding carboxylic acids is 2. The van der Waals surface area contributed by atoms with Gasteiger partial charge in [-0.1, -0.05) is 244 Å². The fourth-order valence-electron chi connectivity index (χ4n) is 8.08. The summed E-state index contributed by atoms with van der Waals surface area (Å²) in [6.07, 6.45) is 59.0. The van der Waals surface area contributed by atoms with Crippen LogP contribution in [0.5, 0.6) is 0 Å². The number of unbranched alkanes of at least 4 members (excludes halogenated alkanes) is 36. The highest BCUT2D eigenvalue weighted by molar-refractivity contribution is 5.76. The number of hydrogen-bond acceptors (Lipinski definition) is 5. The second kappa shape index (κ2) is 50.0. The van der Waals surface area contributed by atoms with Gasteiger partial charge in [-0.15, -0.1) is 0 Å². The van der Waals surface area contributed by atoms with Gasteiger partial charge in [0.05, 0.1) is 25.4 Å². The number of rotatable bonds is 49. The topological polar surface area (TPSA) is 95.9 Å². The quantitative estimate of drug-likeness (QED) is 0.0322. The Morgan fingerprint density at radius 3 is 1.23 bits per heavy atom. The fraction of sp³-hybridized carbons (Fsp3) is 0.889. The highest BCUT2D eigenvalue weighted by Crippen LogP contribution is 2.16. The zero-order valence-electron chi connectivity index (χ0n) is 40.2. The van der Waals surface area contributed by atoms with Crippen molar-refractivity contribution in [2.75, 3.05) is 13.2 Å². The summed E-state index contributed by atoms with van der Waals surface area (Å²) >= 11 is 0. The first-order valence-corrected chi connectivity index (χ1v) is 26.6. The average molecular weight is 846 g/mol. The molecule has 0 aromatic carbocycles. The summed E-state index contributed by atoms with van der Waals surface area (Å²) in [6, 6.07) is -0.649. The molecule has 0 radical (unpaired) electrons. The summed E-state index contributed by atoms with van der Waals surface area (Å²) < 4.78 is 5.43. The third-order valence-electron chi connectivity index (χ3n) is 12.2. The van der Waals surface area contributed by atoms with Crippen LogP contribution in [0.15, 0.2) is 24.3 Å². The van der Waals surface area contributed by atoms with Gasteiger partial charge in [0.2, 0.25) is 5.91 Å². The predicted molar refractivity (Wildman–Crippen MR) is 260 cm³/mol. The molecule has 0 aromatic rings. The largest absolute Gasteiger partial charge is 0.466 e. The van der Waals surface area contributed by atoms with E-state index >= 15 is 0 Å². The molecule has 2 unspecified atom stereocenters. The molecule has 2 atom stereocenters. The van der Waals surface area contributed by atoms with Gasteiger partial charge in [0.15, 0.2) is 0 Å². The van der Waals surface area contributed by atoms with E-state index in [1.807, 2.05) is 6.08 Å². The molecule has 0 saturated heterocycles. The summed E-state index contributed by atoms with van der Waals surface area (Å²) in [6.45, 7) is 4.81. The smallest absolute Gasteiger partial charge is 0.305 e. The Hall–Kier alpha value is -1.66. The number of allylic oxidation sites excluding steroid dienone is 3. The van der Waals surface area contributed by atoms with Gasteiger partial charge in [0.1, 0.15) is 0 Å². The molecule has 0 saturated carbocycles. The SMILES string of the molecule is CCCC/C=C\CCCCCCCC(=O)OCCCCCCCCCCCC(=O)NC(CO)C(O)/C=C/CCCCCCCCCCCCCCCCCCCCCCC. The van der Waals surface area contributed by atoms with Crippen molar-refractivity contribution < 1.29 is 24.5 Å². The standard InChI is InChI=1S/C54H103NO5/c1-3-5-7-9-11-13-15-16-17-18-19-20-21-22-23-24-25-26-28-30-34-38-42-46-52(57)51(50-56)55-53(58)47-43-39-35-31-29-33-37-41-45-49-60-54(59)48-44-40-36-32-27-14-12-10-8-6-4-2/h10,12,42,46,51-52,56-57H,3-9,11,13-41,43-45,47-50H2,1-2H3,(H,55,58)/b12-10-,46-42+. The maximum atomic E-state index is 12.4. The first kappa shape index (κ1) is 58.3. The van der Waals surface area contributed by atoms with Crippen molar-refractivity contribution in [1.29, 1.82) is 0 Å². The molecule has 0 aromatic heterocycles. The van der Waals surface area contributed by atoms with Crippen LogP contribution >= 0.6 is 0 Å². The van der Waals surface area contributed by atoms with Gasteiger partial charge < -0.3 is 20.3 Å². The number of amides is 1. The van der Waals surface area contributed by atoms with Gasteiger partial charge in [0.25, 0.3) is 0 Å². The summed E-state index contributed by atoms with van der Waals surface area (Å²) in [7, 11) is 0. The number of nitrogens with one attached hydrogen (secondary N) is 1. The Morgan fingerprint density at radius 1 is 0.450 bits per heavy atom. The van der Waals surface area contributed by atoms with Gasteiger partial charge in [0, 0.05) is 12.8 Å². The Bertz CT molecular complexity index is 935. The Morgan fingerprint density at radius 2 is 0.800 bits per heavy atom. The summed E-state index contributed by atoms with van der Waals surface area (Å²) in [4.78, 5) is 24.4. The second-order valence-electron chi connectivity index (χ2n) is 18.2. The Kier molecular flexibility index (Phi) is 48.6. The van der Waals surface area contributed by atoms with Crippen LogP contribution < -0.4 is 5.32 Å². The highest BCUT2D eigenvalue weighted by Gasteiger charge is 2.18. The summed E-state index contributed by atoms with van der Waals surface area (Å²) in [5.41, 5.74) is 0. The predicted octanol–water partition coefficient (Wildman–Crippen LogP) is 15.9. The molecule has 0 bridgehead atoms. The van der Waals surface area contributed by atoms with Crippen LogP contribution in [-0.2, 0) is 14.3 Å². The second-order valence-corrected chi connectivity index (χ2v) is 18.2. The number of ether oxygens (including phenoxy) is 1. The van der Waals surface area contributed by atoms with Crippen molar-refractivity contribution in [3.63, 3.8) is 0 Å². The van der Waals surface area contributed by atoms with Gasteiger partial charge in [-0.3, -0.25) is 9.59 Å². The Labute approximate surface area is 373 Å². The van der Waals surface area contributed by atoms with Crippen molar-refractivity contribution in [1.82, 2.24) is 5.32 Å². The molecule has 0 fully saturated rings. The van der Waals surface area contributed by atoms with E-state index in [1.165, 1.54) is 199 Å². The minimum atomic E-state index is -0.863. The van der Waals surface area contributed by atoms with Gasteiger partial charge >= 0.3 is 5.97 Å². The number of carbonyl (C=O) groups is 2. The Balaban J connectivity index is 3.53. The van der Waals surface area contributed by atoms with E-state index in [0.29, 0.717) is 19.4 Å². The molecular formula is C54H103NO5. The lowest BCUT2D eigenvalue weighted by molar-refractivity contribution is -0.143. The highest BCUT2D eigenvalue weighted by atomic mass is 16.5. The van der Waals surface area contributed by atoms with Crippen LogP contribution in [0.3, 0.4) is 0 Å². The van der Waals surface area contributed by atoms with Gasteiger partial charge in [-0.2, -0.15) is 0 Å². The molecule has 6 heteroatoms. The van der Waals surface area contributed by atoms with Gasteiger partial charge in [-0.05, 0) is 51.4 Å². The molecule has 0 rings (SSSR count). The molecule has 6 nitrogen and oxygen atoms in total. The lowest BCUT2D eigenvalue weighted by Crippen LogP contribution is -2.45. The third-order valence-corrected chi connectivity index (χ3v) is 12.2. The lowest BCUT2D eigenvalue weighted by Gasteiger charge is -2.20. The maximum Gasteiger partial charge on any atom is 0.305 e. The number of aliphatic hydroxyl groups is 2. The third kappa shape index (κ3) is 45.9. The molecule has 0 aliphatic rings. The summed E-state index contributed by atoms with van der Waals surface area (Å²) in [5, 5.41) is 23.1. The van der Waals surface area contributed by atoms with E-state index in [2.05, 4.69) is 31.3 Å². The monoisotopic (exact) mass is 846 g/mol. The minimum Gasteiger partial charge on any atom is -0.466 e. The van der Waals surface area contributed by atoms with Crippen LogP contribution in [0.2, 0.25) is 0 Å². The van der Waals surface area contributed by atoms with Crippen LogP contribution in [0.4, 0.5) is 0 Å². The van der Waals surface area contributed by atoms with Crippen molar-refractivity contribution >= 4 is 11.9 Å². The summed E-state index contributed by atoms with van der Waals surface area (Å²) in [5.74, 6) is -0.132. The first-order valence-electron chi connectivity index (χ1n) is 26.6. The molecule has 60 heavy (non-hydrogen) atoms. The first-order chi connectivity index (χ1) is 29.5. The number of aliphatic hydroxyl groups excluding tert-OH is 2. The van der Waals surface area contributed by atoms with Crippen LogP contribution in [0, 0.1) is 0 Å². The van der Waals surface area contributed by atoms with Crippen molar-refractivity contribution in [2.45, 2.75) is 296 Å². The van der Waals surface area contributed by atoms with Crippen LogP contribution in [0.1, 0.15) is 284 Å². The zero-order valence-corrected chi connectivity index (χ0v) is 40.2. The zero-order chi connectivity index (χ0) is 43.7. The molecular weight excluding hydrogens is 743 g/mol. The average Bonchev–Trinajstić information content (AvgIpc) is 3.25. The van der Waals surface area contributed by atoms with Crippen molar-refractivity contribution in [3.8, 4) is 0 Å². The minimum absolute atomic E-state index is 0.0380. The van der Waals surface area contributed by atoms with E-state index in [9.17, 15) is 19.8 Å². The van der Waals surface area contributed by atoms with Crippen LogP contribution in [0.25, 0.3) is 0 Å². The maximum absolute atomic E-state index is 12.4. The number of hydrogen-bond donors (Lipinski definition) is 3. The molecule has 1 amide bonds. The van der Waals surface area contributed by atoms with E-state index < -0.39 is 12.1 Å². The van der Waals surface area contributed by atoms with E-state index in [1.54, 1.807) is 6.08 Å². The van der Waals surface area contributed by atoms with Crippen molar-refractivity contribution in [3.05, 3.63) is 24.3 Å². The molecule has 0 heterocycles. The number of esters is 1. The van der Waals surface area contributed by atoms with Gasteiger partial charge in [-0.25, -0.2) is 0 Å². The van der Waals surface area contributed by atoms with Crippen molar-refractivity contribution in [2.24, 2.45) is 0 Å². The van der Waals surface area contributed by atoms with Crippen LogP contribution in [-0.4, -0.2) is 47.4 Å².